The predicted octanol–water partition coefficient (Wildman–Crippen LogP) is 4.91. The molecule has 134 valence electrons. The fraction of sp³-hybridized carbons (Fsp3) is 0.400. The van der Waals surface area contributed by atoms with Crippen LogP contribution >= 0.6 is 11.3 Å². The van der Waals surface area contributed by atoms with Crippen LogP contribution in [0, 0.1) is 0 Å². The molecule has 0 saturated heterocycles. The van der Waals surface area contributed by atoms with Crippen LogP contribution < -0.4 is 0 Å². The zero-order chi connectivity index (χ0) is 18.1. The van der Waals surface area contributed by atoms with Crippen molar-refractivity contribution in [3.8, 4) is 0 Å². The summed E-state index contributed by atoms with van der Waals surface area (Å²) in [6.07, 6.45) is 3.70. The lowest BCUT2D eigenvalue weighted by atomic mass is 9.87. The highest BCUT2D eigenvalue weighted by Crippen LogP contribution is 2.29. The number of nitrogens with zero attached hydrogens (tertiary/aromatic N) is 1. The number of rotatable bonds is 3. The fourth-order valence-corrected chi connectivity index (χ4v) is 5.30. The summed E-state index contributed by atoms with van der Waals surface area (Å²) in [6, 6.07) is 11.5. The van der Waals surface area contributed by atoms with E-state index >= 15 is 0 Å². The molecule has 0 unspecified atom stereocenters. The molecule has 0 saturated carbocycles. The molecule has 1 aliphatic rings. The van der Waals surface area contributed by atoms with Crippen LogP contribution in [0.5, 0.6) is 0 Å². The summed E-state index contributed by atoms with van der Waals surface area (Å²) in [7, 11) is -3.44. The van der Waals surface area contributed by atoms with Crippen molar-refractivity contribution >= 4 is 26.9 Å². The zero-order valence-corrected chi connectivity index (χ0v) is 16.7. The standard InChI is InChI=1S/C20H25NO2S2/c1-20(2,3)17-8-10-18(11-9-17)25(22,23)21-13-4-6-16(12-14-21)19-7-5-15-24-19/h5-11,15H,4,12-14H2,1-3H3. The highest BCUT2D eigenvalue weighted by molar-refractivity contribution is 7.89. The van der Waals surface area contributed by atoms with Crippen LogP contribution in [0.2, 0.25) is 0 Å². The van der Waals surface area contributed by atoms with E-state index in [0.717, 1.165) is 18.4 Å². The highest BCUT2D eigenvalue weighted by atomic mass is 32.2. The summed E-state index contributed by atoms with van der Waals surface area (Å²) < 4.78 is 27.6. The molecular formula is C20H25NO2S2. The monoisotopic (exact) mass is 375 g/mol. The molecule has 0 atom stereocenters. The van der Waals surface area contributed by atoms with Crippen molar-refractivity contribution in [2.75, 3.05) is 13.1 Å². The van der Waals surface area contributed by atoms with Gasteiger partial charge in [-0.05, 0) is 53.0 Å². The van der Waals surface area contributed by atoms with Gasteiger partial charge >= 0.3 is 0 Å². The van der Waals surface area contributed by atoms with Gasteiger partial charge in [-0.25, -0.2) is 8.42 Å². The fourth-order valence-electron chi connectivity index (χ4n) is 3.04. The molecule has 3 rings (SSSR count). The van der Waals surface area contributed by atoms with E-state index in [1.165, 1.54) is 10.5 Å². The van der Waals surface area contributed by atoms with Crippen molar-refractivity contribution in [1.29, 1.82) is 0 Å². The second kappa shape index (κ2) is 7.06. The number of sulfonamides is 1. The van der Waals surface area contributed by atoms with Gasteiger partial charge in [0.05, 0.1) is 4.90 Å². The van der Waals surface area contributed by atoms with E-state index in [4.69, 9.17) is 0 Å². The van der Waals surface area contributed by atoms with Crippen molar-refractivity contribution in [1.82, 2.24) is 4.31 Å². The maximum absolute atomic E-state index is 13.0. The lowest BCUT2D eigenvalue weighted by Gasteiger charge is -2.22. The molecular weight excluding hydrogens is 350 g/mol. The average Bonchev–Trinajstić information content (AvgIpc) is 2.98. The highest BCUT2D eigenvalue weighted by Gasteiger charge is 2.26. The maximum Gasteiger partial charge on any atom is 0.243 e. The Labute approximate surface area is 155 Å². The minimum absolute atomic E-state index is 0.0183. The number of hydrogen-bond donors (Lipinski definition) is 0. The van der Waals surface area contributed by atoms with Gasteiger partial charge in [-0.3, -0.25) is 0 Å². The quantitative estimate of drug-likeness (QED) is 0.764. The van der Waals surface area contributed by atoms with Crippen LogP contribution in [0.25, 0.3) is 5.57 Å². The third-order valence-corrected chi connectivity index (χ3v) is 7.45. The van der Waals surface area contributed by atoms with E-state index in [2.05, 4.69) is 38.3 Å². The summed E-state index contributed by atoms with van der Waals surface area (Å²) in [6.45, 7) is 7.46. The average molecular weight is 376 g/mol. The molecule has 0 radical (unpaired) electrons. The van der Waals surface area contributed by atoms with Gasteiger partial charge < -0.3 is 0 Å². The Bertz CT molecular complexity index is 842. The number of benzene rings is 1. The molecule has 0 amide bonds. The van der Waals surface area contributed by atoms with Gasteiger partial charge in [-0.15, -0.1) is 11.3 Å². The second-order valence-corrected chi connectivity index (χ2v) is 10.3. The topological polar surface area (TPSA) is 37.4 Å². The summed E-state index contributed by atoms with van der Waals surface area (Å²) in [5, 5.41) is 2.06. The molecule has 0 fully saturated rings. The lowest BCUT2D eigenvalue weighted by molar-refractivity contribution is 0.429. The summed E-state index contributed by atoms with van der Waals surface area (Å²) in [5.41, 5.74) is 2.42. The Balaban J connectivity index is 1.77. The Morgan fingerprint density at radius 2 is 1.76 bits per heavy atom. The smallest absolute Gasteiger partial charge is 0.207 e. The van der Waals surface area contributed by atoms with Crippen LogP contribution in [-0.2, 0) is 15.4 Å². The molecule has 2 heterocycles. The molecule has 5 heteroatoms. The van der Waals surface area contributed by atoms with Crippen LogP contribution in [0.3, 0.4) is 0 Å². The molecule has 0 aliphatic carbocycles. The van der Waals surface area contributed by atoms with Gasteiger partial charge in [-0.2, -0.15) is 4.31 Å². The van der Waals surface area contributed by atoms with Crippen molar-refractivity contribution in [3.63, 3.8) is 0 Å². The molecule has 0 N–H and O–H groups in total. The lowest BCUT2D eigenvalue weighted by Crippen LogP contribution is -2.32. The van der Waals surface area contributed by atoms with Crippen LogP contribution in [0.15, 0.2) is 52.7 Å². The van der Waals surface area contributed by atoms with E-state index in [1.807, 2.05) is 18.2 Å². The predicted molar refractivity (Wildman–Crippen MR) is 105 cm³/mol. The van der Waals surface area contributed by atoms with Crippen molar-refractivity contribution < 1.29 is 8.42 Å². The third kappa shape index (κ3) is 4.05. The first-order valence-electron chi connectivity index (χ1n) is 8.62. The van der Waals surface area contributed by atoms with Crippen molar-refractivity contribution in [2.45, 2.75) is 43.9 Å². The van der Waals surface area contributed by atoms with Crippen molar-refractivity contribution in [3.05, 3.63) is 58.3 Å². The van der Waals surface area contributed by atoms with E-state index in [1.54, 1.807) is 27.8 Å². The summed E-state index contributed by atoms with van der Waals surface area (Å²) in [4.78, 5) is 1.63. The largest absolute Gasteiger partial charge is 0.243 e. The molecule has 25 heavy (non-hydrogen) atoms. The van der Waals surface area contributed by atoms with Crippen LogP contribution in [-0.4, -0.2) is 25.8 Å². The number of thiophene rings is 1. The molecule has 1 aromatic carbocycles. The zero-order valence-electron chi connectivity index (χ0n) is 15.0. The van der Waals surface area contributed by atoms with Gasteiger partial charge in [0.1, 0.15) is 0 Å². The van der Waals surface area contributed by atoms with Crippen molar-refractivity contribution in [2.24, 2.45) is 0 Å². The summed E-state index contributed by atoms with van der Waals surface area (Å²) >= 11 is 1.71. The Morgan fingerprint density at radius 1 is 1.04 bits per heavy atom. The second-order valence-electron chi connectivity index (χ2n) is 7.42. The van der Waals surface area contributed by atoms with E-state index in [-0.39, 0.29) is 5.41 Å². The molecule has 1 aromatic heterocycles. The van der Waals surface area contributed by atoms with Crippen LogP contribution in [0.1, 0.15) is 44.1 Å². The number of hydrogen-bond acceptors (Lipinski definition) is 3. The maximum atomic E-state index is 13.0. The van der Waals surface area contributed by atoms with E-state index in [9.17, 15) is 8.42 Å². The van der Waals surface area contributed by atoms with Gasteiger partial charge in [0.25, 0.3) is 0 Å². The first kappa shape index (κ1) is 18.4. The molecule has 1 aliphatic heterocycles. The Kier molecular flexibility index (Phi) is 5.19. The van der Waals surface area contributed by atoms with Gasteiger partial charge in [-0.1, -0.05) is 45.0 Å². The Morgan fingerprint density at radius 3 is 2.36 bits per heavy atom. The molecule has 0 bridgehead atoms. The normalized spacial score (nSPS) is 17.2. The summed E-state index contributed by atoms with van der Waals surface area (Å²) in [5.74, 6) is 0. The first-order valence-corrected chi connectivity index (χ1v) is 10.9. The van der Waals surface area contributed by atoms with Gasteiger partial charge in [0.2, 0.25) is 10.0 Å². The minimum Gasteiger partial charge on any atom is -0.207 e. The molecule has 2 aromatic rings. The van der Waals surface area contributed by atoms with Crippen LogP contribution in [0.4, 0.5) is 0 Å². The first-order chi connectivity index (χ1) is 11.8. The third-order valence-electron chi connectivity index (χ3n) is 4.60. The van der Waals surface area contributed by atoms with E-state index < -0.39 is 10.0 Å². The Hall–Kier alpha value is -1.43. The molecule has 0 spiro atoms. The SMILES string of the molecule is CC(C)(C)c1ccc(S(=O)(=O)N2CCC=C(c3cccs3)CC2)cc1. The molecule has 3 nitrogen and oxygen atoms in total. The van der Waals surface area contributed by atoms with Gasteiger partial charge in [0.15, 0.2) is 0 Å². The van der Waals surface area contributed by atoms with Gasteiger partial charge in [0, 0.05) is 18.0 Å². The van der Waals surface area contributed by atoms with E-state index in [0.29, 0.717) is 18.0 Å². The minimum atomic E-state index is -3.44.